The highest BCUT2D eigenvalue weighted by molar-refractivity contribution is 9.10. The second-order valence-corrected chi connectivity index (χ2v) is 7.26. The lowest BCUT2D eigenvalue weighted by atomic mass is 10.1. The van der Waals surface area contributed by atoms with Crippen LogP contribution in [0.25, 0.3) is 6.08 Å². The van der Waals surface area contributed by atoms with Gasteiger partial charge in [0.15, 0.2) is 17.3 Å². The first-order chi connectivity index (χ1) is 13.6. The summed E-state index contributed by atoms with van der Waals surface area (Å²) >= 11 is 9.48. The molecule has 0 unspecified atom stereocenters. The Morgan fingerprint density at radius 2 is 1.96 bits per heavy atom. The Morgan fingerprint density at radius 1 is 1.11 bits per heavy atom. The number of carbonyl (C=O) groups is 1. The monoisotopic (exact) mass is 460 g/mol. The number of halogens is 2. The van der Waals surface area contributed by atoms with E-state index in [1.807, 2.05) is 6.07 Å². The van der Waals surface area contributed by atoms with Crippen LogP contribution >= 0.6 is 27.5 Å². The molecule has 0 aliphatic carbocycles. The standard InChI is InChI=1S/C21H14BrClO5/c22-14-2-8-19(17(23)10-14)25-11-16-4-3-15(28-16)5-6-18(24)13-1-7-20-21(9-13)27-12-26-20/h1-10H,11-12H2/b6-5+. The average molecular weight is 462 g/mol. The number of ketones is 1. The number of allylic oxidation sites excluding steroid dienone is 1. The molecule has 1 aromatic heterocycles. The van der Waals surface area contributed by atoms with Crippen LogP contribution in [0.5, 0.6) is 17.2 Å². The molecule has 0 saturated carbocycles. The van der Waals surface area contributed by atoms with Gasteiger partial charge in [0.05, 0.1) is 5.02 Å². The minimum atomic E-state index is -0.158. The molecule has 142 valence electrons. The third-order valence-corrected chi connectivity index (χ3v) is 4.79. The number of benzene rings is 2. The summed E-state index contributed by atoms with van der Waals surface area (Å²) in [6.07, 6.45) is 3.07. The molecule has 2 heterocycles. The van der Waals surface area contributed by atoms with Crippen LogP contribution < -0.4 is 14.2 Å². The van der Waals surface area contributed by atoms with Crippen molar-refractivity contribution in [2.75, 3.05) is 6.79 Å². The highest BCUT2D eigenvalue weighted by Crippen LogP contribution is 2.32. The number of rotatable bonds is 6. The predicted molar refractivity (Wildman–Crippen MR) is 108 cm³/mol. The zero-order valence-electron chi connectivity index (χ0n) is 14.5. The molecule has 1 aliphatic rings. The summed E-state index contributed by atoms with van der Waals surface area (Å²) in [6, 6.07) is 14.0. The van der Waals surface area contributed by atoms with Gasteiger partial charge in [-0.1, -0.05) is 27.5 Å². The van der Waals surface area contributed by atoms with Crippen LogP contribution in [-0.2, 0) is 6.61 Å². The summed E-state index contributed by atoms with van der Waals surface area (Å²) in [5.74, 6) is 2.79. The summed E-state index contributed by atoms with van der Waals surface area (Å²) in [5, 5.41) is 0.510. The molecule has 0 atom stereocenters. The Morgan fingerprint density at radius 3 is 2.82 bits per heavy atom. The molecule has 7 heteroatoms. The van der Waals surface area contributed by atoms with Crippen molar-refractivity contribution in [2.24, 2.45) is 0 Å². The average Bonchev–Trinajstić information content (AvgIpc) is 3.34. The number of carbonyl (C=O) groups excluding carboxylic acids is 1. The fourth-order valence-corrected chi connectivity index (χ4v) is 3.33. The topological polar surface area (TPSA) is 57.9 Å². The lowest BCUT2D eigenvalue weighted by Gasteiger charge is -2.06. The van der Waals surface area contributed by atoms with E-state index in [-0.39, 0.29) is 19.2 Å². The van der Waals surface area contributed by atoms with Gasteiger partial charge >= 0.3 is 0 Å². The molecule has 0 amide bonds. The van der Waals surface area contributed by atoms with E-state index in [2.05, 4.69) is 15.9 Å². The van der Waals surface area contributed by atoms with Gasteiger partial charge in [0, 0.05) is 10.0 Å². The van der Waals surface area contributed by atoms with Gasteiger partial charge in [-0.25, -0.2) is 0 Å². The normalized spacial score (nSPS) is 12.5. The fraction of sp³-hybridized carbons (Fsp3) is 0.0952. The van der Waals surface area contributed by atoms with Crippen LogP contribution in [0.3, 0.4) is 0 Å². The predicted octanol–water partition coefficient (Wildman–Crippen LogP) is 5.90. The molecule has 0 N–H and O–H groups in total. The molecule has 0 radical (unpaired) electrons. The first kappa shape index (κ1) is 18.7. The van der Waals surface area contributed by atoms with Crippen LogP contribution in [0.15, 0.2) is 63.5 Å². The second kappa shape index (κ2) is 8.12. The molecule has 3 aromatic rings. The van der Waals surface area contributed by atoms with E-state index < -0.39 is 0 Å². The first-order valence-corrected chi connectivity index (χ1v) is 9.54. The van der Waals surface area contributed by atoms with Gasteiger partial charge in [-0.2, -0.15) is 0 Å². The number of fused-ring (bicyclic) bond motifs is 1. The first-order valence-electron chi connectivity index (χ1n) is 8.37. The molecule has 0 spiro atoms. The van der Waals surface area contributed by atoms with Crippen LogP contribution in [-0.4, -0.2) is 12.6 Å². The molecular weight excluding hydrogens is 448 g/mol. The van der Waals surface area contributed by atoms with Crippen molar-refractivity contribution in [1.82, 2.24) is 0 Å². The number of hydrogen-bond acceptors (Lipinski definition) is 5. The Kier molecular flexibility index (Phi) is 5.41. The molecule has 2 aromatic carbocycles. The van der Waals surface area contributed by atoms with Crippen molar-refractivity contribution in [3.8, 4) is 17.2 Å². The van der Waals surface area contributed by atoms with Crippen molar-refractivity contribution >= 4 is 39.4 Å². The van der Waals surface area contributed by atoms with Gasteiger partial charge in [-0.3, -0.25) is 4.79 Å². The van der Waals surface area contributed by atoms with Crippen molar-refractivity contribution in [1.29, 1.82) is 0 Å². The van der Waals surface area contributed by atoms with Crippen molar-refractivity contribution in [3.63, 3.8) is 0 Å². The van der Waals surface area contributed by atoms with Crippen LogP contribution in [0.4, 0.5) is 0 Å². The fourth-order valence-electron chi connectivity index (χ4n) is 2.61. The number of ether oxygens (including phenoxy) is 3. The van der Waals surface area contributed by atoms with E-state index in [1.54, 1.807) is 48.5 Å². The largest absolute Gasteiger partial charge is 0.484 e. The lowest BCUT2D eigenvalue weighted by molar-refractivity contribution is 0.104. The maximum atomic E-state index is 12.3. The number of hydrogen-bond donors (Lipinski definition) is 0. The summed E-state index contributed by atoms with van der Waals surface area (Å²) in [5.41, 5.74) is 0.514. The second-order valence-electron chi connectivity index (χ2n) is 5.93. The zero-order valence-corrected chi connectivity index (χ0v) is 16.8. The minimum absolute atomic E-state index is 0.158. The van der Waals surface area contributed by atoms with Gasteiger partial charge in [0.1, 0.15) is 23.9 Å². The third kappa shape index (κ3) is 4.24. The van der Waals surface area contributed by atoms with E-state index in [0.717, 1.165) is 4.47 Å². The summed E-state index contributed by atoms with van der Waals surface area (Å²) in [6.45, 7) is 0.400. The Balaban J connectivity index is 1.38. The molecule has 0 bridgehead atoms. The van der Waals surface area contributed by atoms with Crippen LogP contribution in [0.1, 0.15) is 21.9 Å². The van der Waals surface area contributed by atoms with E-state index in [0.29, 0.717) is 39.4 Å². The Bertz CT molecular complexity index is 1060. The minimum Gasteiger partial charge on any atom is -0.484 e. The SMILES string of the molecule is O=C(/C=C/c1ccc(COc2ccc(Br)cc2Cl)o1)c1ccc2c(c1)OCO2. The molecule has 1 aliphatic heterocycles. The van der Waals surface area contributed by atoms with E-state index in [1.165, 1.54) is 6.08 Å². The Labute approximate surface area is 174 Å². The van der Waals surface area contributed by atoms with Crippen molar-refractivity contribution < 1.29 is 23.4 Å². The maximum Gasteiger partial charge on any atom is 0.231 e. The quantitative estimate of drug-likeness (QED) is 0.338. The molecular formula is C21H14BrClO5. The Hall–Kier alpha value is -2.70. The molecule has 0 saturated heterocycles. The maximum absolute atomic E-state index is 12.3. The van der Waals surface area contributed by atoms with E-state index >= 15 is 0 Å². The third-order valence-electron chi connectivity index (χ3n) is 4.00. The molecule has 28 heavy (non-hydrogen) atoms. The summed E-state index contributed by atoms with van der Waals surface area (Å²) < 4.78 is 22.7. The van der Waals surface area contributed by atoms with Crippen molar-refractivity contribution in [2.45, 2.75) is 6.61 Å². The van der Waals surface area contributed by atoms with Gasteiger partial charge in [0.25, 0.3) is 0 Å². The zero-order chi connectivity index (χ0) is 19.5. The van der Waals surface area contributed by atoms with Gasteiger partial charge < -0.3 is 18.6 Å². The van der Waals surface area contributed by atoms with Gasteiger partial charge in [0.2, 0.25) is 6.79 Å². The lowest BCUT2D eigenvalue weighted by Crippen LogP contribution is -1.94. The summed E-state index contributed by atoms with van der Waals surface area (Å²) in [7, 11) is 0. The van der Waals surface area contributed by atoms with Crippen molar-refractivity contribution in [3.05, 3.63) is 81.2 Å². The van der Waals surface area contributed by atoms with Crippen LogP contribution in [0, 0.1) is 0 Å². The van der Waals surface area contributed by atoms with Gasteiger partial charge in [-0.05, 0) is 60.7 Å². The highest BCUT2D eigenvalue weighted by atomic mass is 79.9. The smallest absolute Gasteiger partial charge is 0.231 e. The van der Waals surface area contributed by atoms with E-state index in [4.69, 9.17) is 30.2 Å². The molecule has 0 fully saturated rings. The van der Waals surface area contributed by atoms with Gasteiger partial charge in [-0.15, -0.1) is 0 Å². The molecule has 4 rings (SSSR count). The molecule has 5 nitrogen and oxygen atoms in total. The number of furan rings is 1. The van der Waals surface area contributed by atoms with Crippen LogP contribution in [0.2, 0.25) is 5.02 Å². The highest BCUT2D eigenvalue weighted by Gasteiger charge is 2.15. The summed E-state index contributed by atoms with van der Waals surface area (Å²) in [4.78, 5) is 12.3. The van der Waals surface area contributed by atoms with E-state index in [9.17, 15) is 4.79 Å².